The number of carbonyl (C=O) groups excluding carboxylic acids is 2. The molecule has 0 spiro atoms. The second-order valence-corrected chi connectivity index (χ2v) is 11.6. The Hall–Kier alpha value is -1.97. The summed E-state index contributed by atoms with van der Waals surface area (Å²) in [6.45, 7) is 8.24. The van der Waals surface area contributed by atoms with Crippen LogP contribution >= 0.6 is 22.9 Å². The predicted octanol–water partition coefficient (Wildman–Crippen LogP) is 5.40. The molecule has 2 aromatic rings. The molecule has 2 aliphatic rings. The maximum Gasteiger partial charge on any atom is 0.348 e. The molecule has 0 radical (unpaired) electrons. The van der Waals surface area contributed by atoms with Gasteiger partial charge in [-0.3, -0.25) is 9.69 Å². The van der Waals surface area contributed by atoms with Gasteiger partial charge in [-0.05, 0) is 49.2 Å². The first-order valence-corrected chi connectivity index (χ1v) is 15.0. The van der Waals surface area contributed by atoms with Gasteiger partial charge in [0.1, 0.15) is 11.5 Å². The number of anilines is 1. The van der Waals surface area contributed by atoms with Crippen molar-refractivity contribution in [3.8, 4) is 0 Å². The van der Waals surface area contributed by atoms with E-state index in [4.69, 9.17) is 25.8 Å². The van der Waals surface area contributed by atoms with Crippen LogP contribution in [0, 0.1) is 0 Å². The average Bonchev–Trinajstić information content (AvgIpc) is 3.56. The normalized spacial score (nSPS) is 20.1. The van der Waals surface area contributed by atoms with Crippen LogP contribution in [0.25, 0.3) is 0 Å². The first-order valence-electron chi connectivity index (χ1n) is 13.7. The van der Waals surface area contributed by atoms with Gasteiger partial charge in [-0.25, -0.2) is 4.79 Å². The van der Waals surface area contributed by atoms with Crippen molar-refractivity contribution in [3.63, 3.8) is 0 Å². The summed E-state index contributed by atoms with van der Waals surface area (Å²) < 4.78 is 16.9. The van der Waals surface area contributed by atoms with Gasteiger partial charge in [-0.1, -0.05) is 19.8 Å². The van der Waals surface area contributed by atoms with Gasteiger partial charge in [-0.15, -0.1) is 22.9 Å². The molecule has 1 aromatic heterocycles. The minimum atomic E-state index is -0.287. The molecule has 38 heavy (non-hydrogen) atoms. The van der Waals surface area contributed by atoms with Gasteiger partial charge in [0.05, 0.1) is 37.8 Å². The number of Topliss-reactive ketones (excluding diaryl/α,β-unsaturated/α-hetero) is 1. The van der Waals surface area contributed by atoms with Crippen LogP contribution in [0.3, 0.4) is 0 Å². The molecule has 2 saturated heterocycles. The van der Waals surface area contributed by atoms with Crippen molar-refractivity contribution in [1.29, 1.82) is 0 Å². The standard InChI is InChI=1S/C29H39ClN2O5S/c1-2-3-4-5-27(33)22-6-8-23(9-7-22)32-13-12-25(30)26(32)21-36-20-24-10-11-28(38-24)29(34)37-19-16-31-14-17-35-18-15-31/h6-11,25-26H,2-5,12-21H2,1H3/t25-,26+/m1/s1. The quantitative estimate of drug-likeness (QED) is 0.132. The Morgan fingerprint density at radius 3 is 2.63 bits per heavy atom. The van der Waals surface area contributed by atoms with E-state index in [0.717, 1.165) is 81.2 Å². The lowest BCUT2D eigenvalue weighted by Crippen LogP contribution is -2.38. The largest absolute Gasteiger partial charge is 0.460 e. The summed E-state index contributed by atoms with van der Waals surface area (Å²) in [7, 11) is 0. The highest BCUT2D eigenvalue weighted by atomic mass is 35.5. The molecular weight excluding hydrogens is 524 g/mol. The summed E-state index contributed by atoms with van der Waals surface area (Å²) in [4.78, 5) is 30.9. The van der Waals surface area contributed by atoms with Crippen molar-refractivity contribution >= 4 is 40.4 Å². The Kier molecular flexibility index (Phi) is 11.4. The molecule has 3 heterocycles. The maximum atomic E-state index is 12.4. The number of halogens is 1. The van der Waals surface area contributed by atoms with Crippen molar-refractivity contribution in [2.45, 2.75) is 57.1 Å². The van der Waals surface area contributed by atoms with Gasteiger partial charge in [0.15, 0.2) is 5.78 Å². The number of hydrogen-bond donors (Lipinski definition) is 0. The number of esters is 1. The van der Waals surface area contributed by atoms with E-state index in [1.165, 1.54) is 11.3 Å². The molecule has 2 atom stereocenters. The Labute approximate surface area is 235 Å². The number of alkyl halides is 1. The molecule has 2 fully saturated rings. The lowest BCUT2D eigenvalue weighted by molar-refractivity contribution is 0.0197. The number of ether oxygens (including phenoxy) is 3. The summed E-state index contributed by atoms with van der Waals surface area (Å²) in [5, 5.41) is -0.00862. The summed E-state index contributed by atoms with van der Waals surface area (Å²) in [5.74, 6) is -0.0811. The highest BCUT2D eigenvalue weighted by molar-refractivity contribution is 7.13. The number of nitrogens with zero attached hydrogens (tertiary/aromatic N) is 2. The van der Waals surface area contributed by atoms with Gasteiger partial charge in [-0.2, -0.15) is 0 Å². The minimum Gasteiger partial charge on any atom is -0.460 e. The third-order valence-electron chi connectivity index (χ3n) is 7.13. The number of carbonyl (C=O) groups is 2. The number of hydrogen-bond acceptors (Lipinski definition) is 8. The highest BCUT2D eigenvalue weighted by Crippen LogP contribution is 2.30. The summed E-state index contributed by atoms with van der Waals surface area (Å²) in [6, 6.07) is 11.7. The minimum absolute atomic E-state index is 0.00862. The fraction of sp³-hybridized carbons (Fsp3) is 0.586. The second kappa shape index (κ2) is 15.0. The van der Waals surface area contributed by atoms with Crippen LogP contribution in [0.2, 0.25) is 0 Å². The van der Waals surface area contributed by atoms with Crippen LogP contribution in [0.1, 0.15) is 63.9 Å². The van der Waals surface area contributed by atoms with Crippen LogP contribution < -0.4 is 4.90 Å². The van der Waals surface area contributed by atoms with E-state index in [1.54, 1.807) is 6.07 Å². The van der Waals surface area contributed by atoms with Crippen molar-refractivity contribution in [1.82, 2.24) is 4.90 Å². The summed E-state index contributed by atoms with van der Waals surface area (Å²) in [6.07, 6.45) is 4.63. The van der Waals surface area contributed by atoms with E-state index in [1.807, 2.05) is 30.3 Å². The molecule has 2 aliphatic heterocycles. The van der Waals surface area contributed by atoms with Crippen molar-refractivity contribution in [2.75, 3.05) is 57.5 Å². The van der Waals surface area contributed by atoms with Crippen LogP contribution in [-0.4, -0.2) is 80.7 Å². The van der Waals surface area contributed by atoms with E-state index in [0.29, 0.717) is 31.1 Å². The number of rotatable bonds is 14. The molecule has 0 aliphatic carbocycles. The zero-order valence-corrected chi connectivity index (χ0v) is 23.8. The van der Waals surface area contributed by atoms with Crippen molar-refractivity contribution in [3.05, 3.63) is 51.7 Å². The Morgan fingerprint density at radius 2 is 1.87 bits per heavy atom. The lowest BCUT2D eigenvalue weighted by Gasteiger charge is -2.28. The zero-order valence-electron chi connectivity index (χ0n) is 22.2. The second-order valence-electron chi connectivity index (χ2n) is 9.86. The highest BCUT2D eigenvalue weighted by Gasteiger charge is 2.33. The molecule has 9 heteroatoms. The van der Waals surface area contributed by atoms with E-state index >= 15 is 0 Å². The van der Waals surface area contributed by atoms with Crippen LogP contribution in [0.5, 0.6) is 0 Å². The molecule has 1 aromatic carbocycles. The SMILES string of the molecule is CCCCCC(=O)c1ccc(N2CC[C@@H](Cl)[C@@H]2COCc2ccc(C(=O)OCCN3CCOCC3)s2)cc1. The monoisotopic (exact) mass is 562 g/mol. The molecule has 0 N–H and O–H groups in total. The van der Waals surface area contributed by atoms with Gasteiger partial charge >= 0.3 is 5.97 Å². The number of unbranched alkanes of at least 4 members (excludes halogenated alkanes) is 2. The molecule has 0 unspecified atom stereocenters. The molecule has 208 valence electrons. The molecule has 0 bridgehead atoms. The van der Waals surface area contributed by atoms with Crippen molar-refractivity contribution < 1.29 is 23.8 Å². The summed E-state index contributed by atoms with van der Waals surface area (Å²) in [5.41, 5.74) is 1.83. The molecule has 7 nitrogen and oxygen atoms in total. The zero-order chi connectivity index (χ0) is 26.7. The Bertz CT molecular complexity index is 1020. The maximum absolute atomic E-state index is 12.4. The number of benzene rings is 1. The number of thiophene rings is 1. The molecule has 0 saturated carbocycles. The van der Waals surface area contributed by atoms with E-state index in [2.05, 4.69) is 16.7 Å². The van der Waals surface area contributed by atoms with Crippen LogP contribution in [-0.2, 0) is 20.8 Å². The first-order chi connectivity index (χ1) is 18.5. The van der Waals surface area contributed by atoms with Crippen LogP contribution in [0.15, 0.2) is 36.4 Å². The van der Waals surface area contributed by atoms with E-state index < -0.39 is 0 Å². The van der Waals surface area contributed by atoms with Gasteiger partial charge in [0.2, 0.25) is 0 Å². The fourth-order valence-corrected chi connectivity index (χ4v) is 6.00. The average molecular weight is 563 g/mol. The topological polar surface area (TPSA) is 68.3 Å². The van der Waals surface area contributed by atoms with Crippen LogP contribution in [0.4, 0.5) is 5.69 Å². The van der Waals surface area contributed by atoms with Gasteiger partial charge < -0.3 is 19.1 Å². The third kappa shape index (κ3) is 8.26. The number of ketones is 1. The van der Waals surface area contributed by atoms with E-state index in [9.17, 15) is 9.59 Å². The Balaban J connectivity index is 1.22. The first kappa shape index (κ1) is 29.0. The van der Waals surface area contributed by atoms with Crippen molar-refractivity contribution in [2.24, 2.45) is 0 Å². The summed E-state index contributed by atoms with van der Waals surface area (Å²) >= 11 is 8.07. The third-order valence-corrected chi connectivity index (χ3v) is 8.68. The van der Waals surface area contributed by atoms with Gasteiger partial charge in [0, 0.05) is 48.7 Å². The lowest BCUT2D eigenvalue weighted by atomic mass is 10.0. The predicted molar refractivity (Wildman–Crippen MR) is 152 cm³/mol. The molecule has 4 rings (SSSR count). The Morgan fingerprint density at radius 1 is 1.08 bits per heavy atom. The fourth-order valence-electron chi connectivity index (χ4n) is 4.86. The van der Waals surface area contributed by atoms with E-state index in [-0.39, 0.29) is 23.2 Å². The molecule has 0 amide bonds. The van der Waals surface area contributed by atoms with Gasteiger partial charge in [0.25, 0.3) is 0 Å². The molecular formula is C29H39ClN2O5S. The number of morpholine rings is 1. The smallest absolute Gasteiger partial charge is 0.348 e.